The number of thiocarbonyl (C=S) groups is 1. The Bertz CT molecular complexity index is 439. The molecule has 1 saturated heterocycles. The van der Waals surface area contributed by atoms with Crippen LogP contribution in [0.4, 0.5) is 5.69 Å². The molecule has 0 saturated carbocycles. The SMILES string of the molecule is CSOCCC1NC(=S)N(c2ccccc2)C1=O. The van der Waals surface area contributed by atoms with E-state index in [0.717, 1.165) is 5.69 Å². The second-order valence-corrected chi connectivity index (χ2v) is 4.74. The number of para-hydroxylation sites is 1. The van der Waals surface area contributed by atoms with Crippen molar-refractivity contribution >= 4 is 41.0 Å². The number of nitrogens with zero attached hydrogens (tertiary/aromatic N) is 1. The van der Waals surface area contributed by atoms with Crippen molar-refractivity contribution in [3.63, 3.8) is 0 Å². The van der Waals surface area contributed by atoms with Crippen LogP contribution in [0.25, 0.3) is 0 Å². The van der Waals surface area contributed by atoms with E-state index in [1.54, 1.807) is 4.90 Å². The number of hydrogen-bond acceptors (Lipinski definition) is 4. The summed E-state index contributed by atoms with van der Waals surface area (Å²) in [5.74, 6) is -0.0177. The molecule has 0 aliphatic carbocycles. The molecule has 1 heterocycles. The molecule has 0 bridgehead atoms. The molecule has 1 atom stereocenters. The summed E-state index contributed by atoms with van der Waals surface area (Å²) in [6.07, 6.45) is 2.47. The van der Waals surface area contributed by atoms with Crippen LogP contribution in [0.2, 0.25) is 0 Å². The normalized spacial score (nSPS) is 19.2. The van der Waals surface area contributed by atoms with E-state index in [1.165, 1.54) is 12.0 Å². The fraction of sp³-hybridized carbons (Fsp3) is 0.333. The number of amides is 1. The first-order valence-electron chi connectivity index (χ1n) is 5.59. The molecule has 6 heteroatoms. The highest BCUT2D eigenvalue weighted by molar-refractivity contribution is 7.93. The van der Waals surface area contributed by atoms with Crippen LogP contribution in [-0.4, -0.2) is 29.9 Å². The fourth-order valence-corrected chi connectivity index (χ4v) is 2.40. The predicted molar refractivity (Wildman–Crippen MR) is 77.5 cm³/mol. The molecule has 1 fully saturated rings. The van der Waals surface area contributed by atoms with Crippen LogP contribution in [-0.2, 0) is 8.98 Å². The predicted octanol–water partition coefficient (Wildman–Crippen LogP) is 1.96. The van der Waals surface area contributed by atoms with E-state index in [4.69, 9.17) is 16.4 Å². The maximum Gasteiger partial charge on any atom is 0.255 e. The van der Waals surface area contributed by atoms with E-state index in [9.17, 15) is 4.79 Å². The minimum atomic E-state index is -0.287. The van der Waals surface area contributed by atoms with Gasteiger partial charge >= 0.3 is 0 Å². The first-order valence-corrected chi connectivity index (χ1v) is 7.15. The van der Waals surface area contributed by atoms with E-state index >= 15 is 0 Å². The monoisotopic (exact) mass is 282 g/mol. The highest BCUT2D eigenvalue weighted by Gasteiger charge is 2.35. The van der Waals surface area contributed by atoms with Gasteiger partial charge in [0.25, 0.3) is 5.91 Å². The summed E-state index contributed by atoms with van der Waals surface area (Å²) in [7, 11) is 0. The van der Waals surface area contributed by atoms with E-state index in [-0.39, 0.29) is 11.9 Å². The van der Waals surface area contributed by atoms with Crippen LogP contribution in [0.3, 0.4) is 0 Å². The number of hydrogen-bond donors (Lipinski definition) is 1. The summed E-state index contributed by atoms with van der Waals surface area (Å²) in [6, 6.07) is 9.12. The maximum atomic E-state index is 12.2. The first kappa shape index (κ1) is 13.3. The van der Waals surface area contributed by atoms with Gasteiger partial charge in [0.05, 0.1) is 12.3 Å². The van der Waals surface area contributed by atoms with E-state index in [2.05, 4.69) is 5.32 Å². The third kappa shape index (κ3) is 2.82. The zero-order valence-corrected chi connectivity index (χ0v) is 11.6. The lowest BCUT2D eigenvalue weighted by atomic mass is 10.2. The second-order valence-electron chi connectivity index (χ2n) is 3.79. The number of carbonyl (C=O) groups is 1. The van der Waals surface area contributed by atoms with Crippen molar-refractivity contribution in [3.8, 4) is 0 Å². The maximum absolute atomic E-state index is 12.2. The molecule has 2 rings (SSSR count). The average molecular weight is 282 g/mol. The molecule has 1 aromatic carbocycles. The minimum absolute atomic E-state index is 0.0177. The van der Waals surface area contributed by atoms with Gasteiger partial charge < -0.3 is 9.50 Å². The van der Waals surface area contributed by atoms with E-state index < -0.39 is 0 Å². The van der Waals surface area contributed by atoms with Crippen molar-refractivity contribution in [2.75, 3.05) is 17.8 Å². The highest BCUT2D eigenvalue weighted by Crippen LogP contribution is 2.20. The summed E-state index contributed by atoms with van der Waals surface area (Å²) >= 11 is 6.50. The van der Waals surface area contributed by atoms with Gasteiger partial charge in [-0.15, -0.1) is 0 Å². The number of rotatable bonds is 5. The van der Waals surface area contributed by atoms with Gasteiger partial charge in [-0.25, -0.2) is 0 Å². The topological polar surface area (TPSA) is 41.6 Å². The lowest BCUT2D eigenvalue weighted by molar-refractivity contribution is -0.118. The molecule has 1 aliphatic heterocycles. The summed E-state index contributed by atoms with van der Waals surface area (Å²) in [5.41, 5.74) is 0.799. The molecule has 1 amide bonds. The standard InChI is InChI=1S/C12H14N2O2S2/c1-18-16-8-7-10-11(15)14(12(17)13-10)9-5-3-2-4-6-9/h2-6,10H,7-8H2,1H3,(H,13,17). The molecule has 0 aromatic heterocycles. The highest BCUT2D eigenvalue weighted by atomic mass is 32.2. The minimum Gasteiger partial charge on any atom is -0.350 e. The van der Waals surface area contributed by atoms with Crippen LogP contribution < -0.4 is 10.2 Å². The molecular weight excluding hydrogens is 268 g/mol. The third-order valence-electron chi connectivity index (χ3n) is 2.64. The molecule has 1 aliphatic rings. The van der Waals surface area contributed by atoms with Gasteiger partial charge in [-0.2, -0.15) is 0 Å². The Morgan fingerprint density at radius 3 is 2.83 bits per heavy atom. The first-order chi connectivity index (χ1) is 8.74. The molecular formula is C12H14N2O2S2. The molecule has 1 unspecified atom stereocenters. The Hall–Kier alpha value is -1.11. The van der Waals surface area contributed by atoms with Crippen molar-refractivity contribution in [3.05, 3.63) is 30.3 Å². The van der Waals surface area contributed by atoms with Gasteiger partial charge in [0.1, 0.15) is 6.04 Å². The van der Waals surface area contributed by atoms with Crippen molar-refractivity contribution in [2.24, 2.45) is 0 Å². The van der Waals surface area contributed by atoms with Gasteiger partial charge in [0.15, 0.2) is 5.11 Å². The molecule has 96 valence electrons. The molecule has 0 spiro atoms. The van der Waals surface area contributed by atoms with Crippen molar-refractivity contribution in [1.29, 1.82) is 0 Å². The Kier molecular flexibility index (Phi) is 4.57. The number of nitrogens with one attached hydrogen (secondary N) is 1. The van der Waals surface area contributed by atoms with E-state index in [0.29, 0.717) is 18.1 Å². The lowest BCUT2D eigenvalue weighted by Gasteiger charge is -2.14. The fourth-order valence-electron chi connectivity index (χ4n) is 1.80. The van der Waals surface area contributed by atoms with Crippen molar-refractivity contribution in [1.82, 2.24) is 5.32 Å². The van der Waals surface area contributed by atoms with Crippen LogP contribution in [0.1, 0.15) is 6.42 Å². The van der Waals surface area contributed by atoms with Crippen LogP contribution in [0.5, 0.6) is 0 Å². The molecule has 1 N–H and O–H groups in total. The second kappa shape index (κ2) is 6.17. The largest absolute Gasteiger partial charge is 0.350 e. The Labute approximate surface area is 116 Å². The summed E-state index contributed by atoms with van der Waals surface area (Å²) in [5, 5.41) is 3.49. The summed E-state index contributed by atoms with van der Waals surface area (Å²) in [6.45, 7) is 0.524. The van der Waals surface area contributed by atoms with Gasteiger partial charge in [0.2, 0.25) is 0 Å². The summed E-state index contributed by atoms with van der Waals surface area (Å²) < 4.78 is 5.18. The van der Waals surface area contributed by atoms with Gasteiger partial charge in [-0.1, -0.05) is 18.2 Å². The molecule has 0 radical (unpaired) electrons. The quantitative estimate of drug-likeness (QED) is 0.508. The smallest absolute Gasteiger partial charge is 0.255 e. The van der Waals surface area contributed by atoms with Crippen LogP contribution in [0, 0.1) is 0 Å². The summed E-state index contributed by atoms with van der Waals surface area (Å²) in [4.78, 5) is 13.8. The van der Waals surface area contributed by atoms with E-state index in [1.807, 2.05) is 36.6 Å². The lowest BCUT2D eigenvalue weighted by Crippen LogP contribution is -2.31. The molecule has 1 aromatic rings. The van der Waals surface area contributed by atoms with Gasteiger partial charge in [-0.3, -0.25) is 9.69 Å². The zero-order chi connectivity index (χ0) is 13.0. The Morgan fingerprint density at radius 2 is 2.17 bits per heavy atom. The van der Waals surface area contributed by atoms with Crippen molar-refractivity contribution in [2.45, 2.75) is 12.5 Å². The third-order valence-corrected chi connectivity index (χ3v) is 3.34. The average Bonchev–Trinajstić information content (AvgIpc) is 2.66. The van der Waals surface area contributed by atoms with Crippen molar-refractivity contribution < 1.29 is 8.98 Å². The van der Waals surface area contributed by atoms with Gasteiger partial charge in [-0.05, 0) is 36.4 Å². The van der Waals surface area contributed by atoms with Crippen LogP contribution >= 0.6 is 24.3 Å². The Morgan fingerprint density at radius 1 is 1.44 bits per heavy atom. The van der Waals surface area contributed by atoms with Crippen LogP contribution in [0.15, 0.2) is 30.3 Å². The number of anilines is 1. The Balaban J connectivity index is 2.06. The van der Waals surface area contributed by atoms with Gasteiger partial charge in [0, 0.05) is 12.7 Å². The zero-order valence-electron chi connectivity index (χ0n) is 9.96. The molecule has 18 heavy (non-hydrogen) atoms. The molecule has 4 nitrogen and oxygen atoms in total. The number of carbonyl (C=O) groups excluding carboxylic acids is 1. The number of benzene rings is 1.